The molecular formula is C17H22N6O3. The van der Waals surface area contributed by atoms with Gasteiger partial charge < -0.3 is 10.1 Å². The Balaban J connectivity index is 1.82. The number of benzene rings is 1. The summed E-state index contributed by atoms with van der Waals surface area (Å²) in [5, 5.41) is 28.0. The number of amides is 1. The highest BCUT2D eigenvalue weighted by Crippen LogP contribution is 2.32. The van der Waals surface area contributed by atoms with E-state index in [9.17, 15) is 9.90 Å². The maximum atomic E-state index is 11.1. The van der Waals surface area contributed by atoms with Crippen LogP contribution < -0.4 is 5.48 Å². The first kappa shape index (κ1) is 18.0. The quantitative estimate of drug-likeness (QED) is 0.465. The Morgan fingerprint density at radius 3 is 2.96 bits per heavy atom. The topological polar surface area (TPSA) is 126 Å². The van der Waals surface area contributed by atoms with Crippen molar-refractivity contribution in [3.63, 3.8) is 0 Å². The minimum Gasteiger partial charge on any atom is -0.392 e. The van der Waals surface area contributed by atoms with E-state index in [1.54, 1.807) is 11.6 Å². The highest BCUT2D eigenvalue weighted by atomic mass is 16.5. The zero-order valence-corrected chi connectivity index (χ0v) is 14.7. The fourth-order valence-corrected chi connectivity index (χ4v) is 2.98. The van der Waals surface area contributed by atoms with Crippen LogP contribution in [0.25, 0.3) is 11.0 Å². The molecule has 1 amide bonds. The van der Waals surface area contributed by atoms with Crippen molar-refractivity contribution < 1.29 is 15.1 Å². The van der Waals surface area contributed by atoms with Crippen molar-refractivity contribution in [3.05, 3.63) is 41.4 Å². The molecule has 9 heteroatoms. The molecule has 0 fully saturated rings. The van der Waals surface area contributed by atoms with Crippen molar-refractivity contribution in [2.45, 2.75) is 32.9 Å². The molecule has 4 N–H and O–H groups in total. The Kier molecular flexibility index (Phi) is 5.29. The van der Waals surface area contributed by atoms with Crippen LogP contribution in [0.2, 0.25) is 0 Å². The Bertz CT molecular complexity index is 857. The number of imidazole rings is 1. The van der Waals surface area contributed by atoms with E-state index < -0.39 is 5.91 Å². The lowest BCUT2D eigenvalue weighted by atomic mass is 10.0. The van der Waals surface area contributed by atoms with E-state index in [0.29, 0.717) is 12.2 Å². The summed E-state index contributed by atoms with van der Waals surface area (Å²) in [7, 11) is 0. The van der Waals surface area contributed by atoms with Crippen molar-refractivity contribution in [1.29, 1.82) is 0 Å². The number of nitrogens with zero attached hydrogens (tertiary/aromatic N) is 4. The smallest absolute Gasteiger partial charge is 0.247 e. The first-order valence-corrected chi connectivity index (χ1v) is 8.41. The molecule has 1 aromatic heterocycles. The molecule has 0 aliphatic carbocycles. The number of aliphatic hydroxyl groups excluding tert-OH is 1. The number of hydrogen-bond donors (Lipinski definition) is 4. The van der Waals surface area contributed by atoms with Gasteiger partial charge in [0.25, 0.3) is 0 Å². The van der Waals surface area contributed by atoms with Crippen molar-refractivity contribution in [3.8, 4) is 0 Å². The molecule has 3 rings (SSSR count). The number of nitrogens with one attached hydrogen (secondary N) is 2. The molecule has 0 radical (unpaired) electrons. The van der Waals surface area contributed by atoms with Gasteiger partial charge in [-0.25, -0.2) is 10.5 Å². The molecule has 0 spiro atoms. The molecule has 138 valence electrons. The number of hydroxylamine groups is 1. The summed E-state index contributed by atoms with van der Waals surface area (Å²) in [6, 6.07) is 5.50. The zero-order valence-electron chi connectivity index (χ0n) is 14.7. The predicted molar refractivity (Wildman–Crippen MR) is 93.8 cm³/mol. The molecule has 1 unspecified atom stereocenters. The summed E-state index contributed by atoms with van der Waals surface area (Å²) >= 11 is 0. The molecule has 0 saturated carbocycles. The number of carbonyl (C=O) groups excluding carboxylic acids is 1. The SMILES string of the molecule is CC(C)C(c1nc2ccc(CO)cc2[nH]1)N1C/C(=C/CC(=O)NO)N=N1. The maximum absolute atomic E-state index is 11.1. The number of aromatic amines is 1. The predicted octanol–water partition coefficient (Wildman–Crippen LogP) is 2.21. The summed E-state index contributed by atoms with van der Waals surface area (Å²) in [5.41, 5.74) is 4.77. The molecule has 1 aromatic carbocycles. The van der Waals surface area contributed by atoms with Gasteiger partial charge in [-0.2, -0.15) is 0 Å². The summed E-state index contributed by atoms with van der Waals surface area (Å²) in [6.07, 6.45) is 1.68. The van der Waals surface area contributed by atoms with Crippen LogP contribution in [-0.2, 0) is 11.4 Å². The van der Waals surface area contributed by atoms with Crippen LogP contribution in [0, 0.1) is 5.92 Å². The number of aromatic nitrogens is 2. The molecule has 2 aromatic rings. The molecular weight excluding hydrogens is 336 g/mol. The minimum absolute atomic E-state index is 0.0200. The molecule has 0 saturated heterocycles. The third kappa shape index (κ3) is 3.73. The van der Waals surface area contributed by atoms with E-state index in [1.165, 1.54) is 0 Å². The molecule has 1 atom stereocenters. The molecule has 1 aliphatic heterocycles. The van der Waals surface area contributed by atoms with E-state index >= 15 is 0 Å². The minimum atomic E-state index is -0.497. The summed E-state index contributed by atoms with van der Waals surface area (Å²) < 4.78 is 0. The first-order valence-electron chi connectivity index (χ1n) is 8.41. The normalized spacial score (nSPS) is 16.8. The Hall–Kier alpha value is -2.78. The van der Waals surface area contributed by atoms with E-state index in [1.807, 2.05) is 23.2 Å². The van der Waals surface area contributed by atoms with Crippen LogP contribution in [0.4, 0.5) is 0 Å². The van der Waals surface area contributed by atoms with Gasteiger partial charge in [-0.3, -0.25) is 15.0 Å². The van der Waals surface area contributed by atoms with E-state index in [4.69, 9.17) is 5.21 Å². The van der Waals surface area contributed by atoms with Crippen molar-refractivity contribution >= 4 is 16.9 Å². The van der Waals surface area contributed by atoms with E-state index in [0.717, 1.165) is 22.4 Å². The Morgan fingerprint density at radius 1 is 1.46 bits per heavy atom. The van der Waals surface area contributed by atoms with Gasteiger partial charge in [-0.05, 0) is 29.7 Å². The molecule has 26 heavy (non-hydrogen) atoms. The van der Waals surface area contributed by atoms with Crippen LogP contribution >= 0.6 is 0 Å². The van der Waals surface area contributed by atoms with Gasteiger partial charge >= 0.3 is 0 Å². The Labute approximate surface area is 150 Å². The maximum Gasteiger partial charge on any atom is 0.247 e. The molecule has 0 bridgehead atoms. The van der Waals surface area contributed by atoms with Crippen molar-refractivity contribution in [2.24, 2.45) is 16.3 Å². The van der Waals surface area contributed by atoms with Crippen LogP contribution in [0.5, 0.6) is 0 Å². The average Bonchev–Trinajstić information content (AvgIpc) is 3.25. The highest BCUT2D eigenvalue weighted by Gasteiger charge is 2.29. The zero-order chi connectivity index (χ0) is 18.7. The lowest BCUT2D eigenvalue weighted by Crippen LogP contribution is -2.27. The summed E-state index contributed by atoms with van der Waals surface area (Å²) in [4.78, 5) is 19.1. The van der Waals surface area contributed by atoms with Crippen LogP contribution in [0.15, 0.2) is 40.3 Å². The molecule has 9 nitrogen and oxygen atoms in total. The molecule has 1 aliphatic rings. The second-order valence-corrected chi connectivity index (χ2v) is 6.54. The van der Waals surface area contributed by atoms with Crippen LogP contribution in [-0.4, -0.2) is 37.7 Å². The first-order chi connectivity index (χ1) is 12.5. The Morgan fingerprint density at radius 2 is 2.27 bits per heavy atom. The highest BCUT2D eigenvalue weighted by molar-refractivity contribution is 5.76. The second kappa shape index (κ2) is 7.63. The number of rotatable bonds is 6. The van der Waals surface area contributed by atoms with E-state index in [2.05, 4.69) is 34.2 Å². The number of fused-ring (bicyclic) bond motifs is 1. The monoisotopic (exact) mass is 358 g/mol. The summed E-state index contributed by atoms with van der Waals surface area (Å²) in [6.45, 7) is 4.59. The molecule has 2 heterocycles. The van der Waals surface area contributed by atoms with Gasteiger partial charge in [0.2, 0.25) is 5.91 Å². The second-order valence-electron chi connectivity index (χ2n) is 6.54. The lowest BCUT2D eigenvalue weighted by molar-refractivity contribution is -0.128. The van der Waals surface area contributed by atoms with Gasteiger partial charge in [0.15, 0.2) is 0 Å². The number of H-pyrrole nitrogens is 1. The fourth-order valence-electron chi connectivity index (χ4n) is 2.98. The number of carbonyl (C=O) groups is 1. The van der Waals surface area contributed by atoms with Gasteiger partial charge in [0, 0.05) is 6.42 Å². The fraction of sp³-hybridized carbons (Fsp3) is 0.412. The van der Waals surface area contributed by atoms with Crippen molar-refractivity contribution in [1.82, 2.24) is 20.5 Å². The van der Waals surface area contributed by atoms with Crippen LogP contribution in [0.3, 0.4) is 0 Å². The van der Waals surface area contributed by atoms with Gasteiger partial charge in [0.1, 0.15) is 11.9 Å². The lowest BCUT2D eigenvalue weighted by Gasteiger charge is -2.26. The number of hydrogen-bond acceptors (Lipinski definition) is 7. The summed E-state index contributed by atoms with van der Waals surface area (Å²) in [5.74, 6) is 0.494. The third-order valence-electron chi connectivity index (χ3n) is 4.24. The van der Waals surface area contributed by atoms with Gasteiger partial charge in [-0.15, -0.1) is 5.11 Å². The van der Waals surface area contributed by atoms with Gasteiger partial charge in [0.05, 0.1) is 29.9 Å². The van der Waals surface area contributed by atoms with Crippen molar-refractivity contribution in [2.75, 3.05) is 6.54 Å². The number of aliphatic hydroxyl groups is 1. The van der Waals surface area contributed by atoms with Crippen LogP contribution in [0.1, 0.15) is 37.7 Å². The van der Waals surface area contributed by atoms with Gasteiger partial charge in [-0.1, -0.05) is 25.1 Å². The third-order valence-corrected chi connectivity index (χ3v) is 4.24. The van der Waals surface area contributed by atoms with E-state index in [-0.39, 0.29) is 25.0 Å². The standard InChI is InChI=1S/C17H22N6O3/c1-10(2)16(23-8-12(20-22-23)4-6-15(25)21-26)17-18-13-5-3-11(9-24)7-14(13)19-17/h3-5,7,10,16,24,26H,6,8-9H2,1-2H3,(H,18,19)(H,21,25)/b12-4-. The average molecular weight is 358 g/mol. The largest absolute Gasteiger partial charge is 0.392 e.